The van der Waals surface area contributed by atoms with E-state index < -0.39 is 6.17 Å². The topological polar surface area (TPSA) is 44.6 Å². The Hall–Kier alpha value is -2.69. The Bertz CT molecular complexity index is 1050. The highest BCUT2D eigenvalue weighted by Gasteiger charge is 2.29. The number of phenolic OH excluding ortho intramolecular Hbond substituents is 1. The van der Waals surface area contributed by atoms with Gasteiger partial charge >= 0.3 is 0 Å². The van der Waals surface area contributed by atoms with E-state index in [0.717, 1.165) is 17.7 Å². The number of nitrogens with one attached hydrogen (secondary N) is 1. The van der Waals surface area contributed by atoms with Gasteiger partial charge in [0.25, 0.3) is 0 Å². The average Bonchev–Trinajstić information content (AvgIpc) is 2.75. The molecule has 0 amide bonds. The van der Waals surface area contributed by atoms with Crippen molar-refractivity contribution in [3.8, 4) is 5.75 Å². The van der Waals surface area contributed by atoms with E-state index in [9.17, 15) is 9.50 Å². The highest BCUT2D eigenvalue weighted by molar-refractivity contribution is 6.30. The average molecular weight is 409 g/mol. The molecule has 29 heavy (non-hydrogen) atoms. The summed E-state index contributed by atoms with van der Waals surface area (Å²) in [6.45, 7) is 2.11. The number of benzene rings is 3. The van der Waals surface area contributed by atoms with Crippen LogP contribution < -0.4 is 5.32 Å². The van der Waals surface area contributed by atoms with E-state index in [1.54, 1.807) is 36.4 Å². The summed E-state index contributed by atoms with van der Waals surface area (Å²) in [5.41, 5.74) is 4.26. The molecular weight excluding hydrogens is 387 g/mol. The standard InChI is InChI=1S/C24H22ClFN2O/c1-2-15-7-9-16(10-8-15)21-14-22(19-13-17(25)11-12-23(19)29)28-24(27-21)18-5-3-4-6-20(18)26/h3-13,22,24,28-29H,2,14H2,1H3/t22-,24-/m1/s1. The van der Waals surface area contributed by atoms with E-state index in [1.165, 1.54) is 11.6 Å². The van der Waals surface area contributed by atoms with Gasteiger partial charge < -0.3 is 5.11 Å². The monoisotopic (exact) mass is 408 g/mol. The number of aliphatic imine (C=N–C) groups is 1. The number of hydrogen-bond donors (Lipinski definition) is 2. The molecular formula is C24H22ClFN2O. The van der Waals surface area contributed by atoms with E-state index in [4.69, 9.17) is 16.6 Å². The lowest BCUT2D eigenvalue weighted by Crippen LogP contribution is -2.33. The van der Waals surface area contributed by atoms with Crippen molar-refractivity contribution < 1.29 is 9.50 Å². The Balaban J connectivity index is 1.77. The van der Waals surface area contributed by atoms with Crippen molar-refractivity contribution in [2.45, 2.75) is 32.0 Å². The lowest BCUT2D eigenvalue weighted by molar-refractivity contribution is 0.405. The van der Waals surface area contributed by atoms with Crippen LogP contribution in [0.3, 0.4) is 0 Å². The van der Waals surface area contributed by atoms with Gasteiger partial charge in [-0.05, 0) is 41.8 Å². The summed E-state index contributed by atoms with van der Waals surface area (Å²) in [6, 6.07) is 19.6. The summed E-state index contributed by atoms with van der Waals surface area (Å²) in [4.78, 5) is 4.82. The summed E-state index contributed by atoms with van der Waals surface area (Å²) >= 11 is 6.17. The van der Waals surface area contributed by atoms with E-state index in [-0.39, 0.29) is 17.6 Å². The van der Waals surface area contributed by atoms with Crippen LogP contribution in [0.2, 0.25) is 5.02 Å². The summed E-state index contributed by atoms with van der Waals surface area (Å²) in [5, 5.41) is 14.3. The first-order valence-electron chi connectivity index (χ1n) is 9.70. The highest BCUT2D eigenvalue weighted by Crippen LogP contribution is 2.36. The van der Waals surface area contributed by atoms with Gasteiger partial charge in [-0.25, -0.2) is 4.39 Å². The third-order valence-electron chi connectivity index (χ3n) is 5.30. The maximum Gasteiger partial charge on any atom is 0.129 e. The SMILES string of the molecule is CCc1ccc(C2=N[C@@H](c3ccccc3F)N[C@@H](c3cc(Cl)ccc3O)C2)cc1. The van der Waals surface area contributed by atoms with Gasteiger partial charge in [0, 0.05) is 34.3 Å². The minimum Gasteiger partial charge on any atom is -0.508 e. The highest BCUT2D eigenvalue weighted by atomic mass is 35.5. The third kappa shape index (κ3) is 4.19. The van der Waals surface area contributed by atoms with E-state index in [2.05, 4.69) is 36.5 Å². The fourth-order valence-corrected chi connectivity index (χ4v) is 3.85. The van der Waals surface area contributed by atoms with Gasteiger partial charge in [0.2, 0.25) is 0 Å². The Morgan fingerprint density at radius 3 is 2.55 bits per heavy atom. The molecule has 3 aromatic carbocycles. The van der Waals surface area contributed by atoms with Crippen molar-refractivity contribution in [1.82, 2.24) is 5.32 Å². The zero-order valence-electron chi connectivity index (χ0n) is 16.1. The molecule has 0 aromatic heterocycles. The number of aromatic hydroxyl groups is 1. The van der Waals surface area contributed by atoms with Gasteiger partial charge in [-0.15, -0.1) is 0 Å². The van der Waals surface area contributed by atoms with Crippen LogP contribution >= 0.6 is 11.6 Å². The molecule has 0 fully saturated rings. The molecule has 1 aliphatic rings. The predicted octanol–water partition coefficient (Wildman–Crippen LogP) is 5.97. The second kappa shape index (κ2) is 8.36. The number of nitrogens with zero attached hydrogens (tertiary/aromatic N) is 1. The van der Waals surface area contributed by atoms with Gasteiger partial charge in [-0.2, -0.15) is 0 Å². The van der Waals surface area contributed by atoms with Crippen molar-refractivity contribution in [3.05, 3.63) is 99.8 Å². The molecule has 4 rings (SSSR count). The second-order valence-corrected chi connectivity index (χ2v) is 7.61. The van der Waals surface area contributed by atoms with Gasteiger partial charge in [-0.1, -0.05) is 61.0 Å². The van der Waals surface area contributed by atoms with E-state index in [0.29, 0.717) is 22.6 Å². The van der Waals surface area contributed by atoms with Gasteiger partial charge in [0.15, 0.2) is 0 Å². The van der Waals surface area contributed by atoms with Crippen LogP contribution in [-0.4, -0.2) is 10.8 Å². The zero-order chi connectivity index (χ0) is 20.4. The molecule has 0 radical (unpaired) electrons. The Kier molecular flexibility index (Phi) is 5.65. The van der Waals surface area contributed by atoms with Gasteiger partial charge in [0.05, 0.1) is 0 Å². The maximum absolute atomic E-state index is 14.5. The van der Waals surface area contributed by atoms with Crippen molar-refractivity contribution in [3.63, 3.8) is 0 Å². The summed E-state index contributed by atoms with van der Waals surface area (Å²) in [7, 11) is 0. The smallest absolute Gasteiger partial charge is 0.129 e. The summed E-state index contributed by atoms with van der Waals surface area (Å²) < 4.78 is 14.5. The first kappa shape index (κ1) is 19.6. The molecule has 2 atom stereocenters. The Labute approximate surface area is 174 Å². The van der Waals surface area contributed by atoms with E-state index in [1.807, 2.05) is 0 Å². The molecule has 3 aromatic rings. The zero-order valence-corrected chi connectivity index (χ0v) is 16.8. The number of hydrogen-bond acceptors (Lipinski definition) is 3. The van der Waals surface area contributed by atoms with Crippen molar-refractivity contribution in [2.75, 3.05) is 0 Å². The summed E-state index contributed by atoms with van der Waals surface area (Å²) in [5.74, 6) is -0.160. The second-order valence-electron chi connectivity index (χ2n) is 7.18. The largest absolute Gasteiger partial charge is 0.508 e. The number of phenols is 1. The molecule has 3 nitrogen and oxygen atoms in total. The predicted molar refractivity (Wildman–Crippen MR) is 115 cm³/mol. The maximum atomic E-state index is 14.5. The van der Waals surface area contributed by atoms with Crippen molar-refractivity contribution in [2.24, 2.45) is 4.99 Å². The molecule has 1 heterocycles. The molecule has 2 N–H and O–H groups in total. The molecule has 148 valence electrons. The molecule has 0 saturated heterocycles. The van der Waals surface area contributed by atoms with E-state index >= 15 is 0 Å². The summed E-state index contributed by atoms with van der Waals surface area (Å²) in [6.07, 6.45) is 0.962. The number of halogens is 2. The van der Waals surface area contributed by atoms with Gasteiger partial charge in [0.1, 0.15) is 17.7 Å². The minimum atomic E-state index is -0.561. The quantitative estimate of drug-likeness (QED) is 0.558. The minimum absolute atomic E-state index is 0.154. The van der Waals surface area contributed by atoms with Crippen molar-refractivity contribution >= 4 is 17.3 Å². The van der Waals surface area contributed by atoms with Crippen molar-refractivity contribution in [1.29, 1.82) is 0 Å². The first-order valence-corrected chi connectivity index (χ1v) is 10.1. The molecule has 0 aliphatic carbocycles. The fourth-order valence-electron chi connectivity index (χ4n) is 3.67. The van der Waals surface area contributed by atoms with Crippen LogP contribution in [0.15, 0.2) is 71.7 Å². The molecule has 0 unspecified atom stereocenters. The van der Waals surface area contributed by atoms with Crippen LogP contribution in [0, 0.1) is 5.82 Å². The third-order valence-corrected chi connectivity index (χ3v) is 5.54. The Morgan fingerprint density at radius 1 is 1.07 bits per heavy atom. The number of rotatable bonds is 4. The fraction of sp³-hybridized carbons (Fsp3) is 0.208. The van der Waals surface area contributed by atoms with Gasteiger partial charge in [-0.3, -0.25) is 10.3 Å². The molecule has 0 bridgehead atoms. The van der Waals surface area contributed by atoms with Crippen LogP contribution in [0.4, 0.5) is 4.39 Å². The lowest BCUT2D eigenvalue weighted by Gasteiger charge is -2.31. The van der Waals surface area contributed by atoms with Crippen LogP contribution in [0.5, 0.6) is 5.75 Å². The lowest BCUT2D eigenvalue weighted by atomic mass is 9.93. The molecule has 1 aliphatic heterocycles. The molecule has 0 spiro atoms. The Morgan fingerprint density at radius 2 is 1.83 bits per heavy atom. The molecule has 5 heteroatoms. The van der Waals surface area contributed by atoms with Crippen LogP contribution in [0.1, 0.15) is 47.8 Å². The molecule has 0 saturated carbocycles. The first-order chi connectivity index (χ1) is 14.0. The van der Waals surface area contributed by atoms with Crippen LogP contribution in [0.25, 0.3) is 0 Å². The van der Waals surface area contributed by atoms with Crippen LogP contribution in [-0.2, 0) is 6.42 Å². The number of aryl methyl sites for hydroxylation is 1. The normalized spacial score (nSPS) is 19.1.